The standard InChI is InChI=1S/C18H18FN3S/c1-3-17-20-18(11-13-7-5-4-6-8-13)22(21-17)16-10-9-14(23-2)12-15(16)19/h4-10,12H,3,11H2,1-2H3. The zero-order chi connectivity index (χ0) is 16.2. The molecule has 0 saturated carbocycles. The van der Waals surface area contributed by atoms with Gasteiger partial charge in [-0.3, -0.25) is 0 Å². The molecule has 5 heteroatoms. The SMILES string of the molecule is CCc1nc(Cc2ccccc2)n(-c2ccc(SC)cc2F)n1. The first-order chi connectivity index (χ1) is 11.2. The van der Waals surface area contributed by atoms with Gasteiger partial charge in [0, 0.05) is 17.7 Å². The second-order valence-corrected chi connectivity index (χ2v) is 6.07. The molecule has 0 aliphatic carbocycles. The molecular weight excluding hydrogens is 309 g/mol. The molecule has 0 bridgehead atoms. The van der Waals surface area contributed by atoms with Gasteiger partial charge in [-0.05, 0) is 30.0 Å². The molecule has 1 aromatic heterocycles. The highest BCUT2D eigenvalue weighted by Gasteiger charge is 2.15. The lowest BCUT2D eigenvalue weighted by Crippen LogP contribution is -2.06. The quantitative estimate of drug-likeness (QED) is 0.655. The zero-order valence-corrected chi connectivity index (χ0v) is 14.0. The maximum atomic E-state index is 14.5. The van der Waals surface area contributed by atoms with E-state index in [4.69, 9.17) is 0 Å². The Balaban J connectivity index is 2.03. The summed E-state index contributed by atoms with van der Waals surface area (Å²) in [7, 11) is 0. The van der Waals surface area contributed by atoms with Crippen LogP contribution < -0.4 is 0 Å². The Morgan fingerprint density at radius 3 is 2.57 bits per heavy atom. The Hall–Kier alpha value is -2.14. The van der Waals surface area contributed by atoms with E-state index in [9.17, 15) is 4.39 Å². The fourth-order valence-electron chi connectivity index (χ4n) is 2.41. The van der Waals surface area contributed by atoms with Crippen molar-refractivity contribution in [2.45, 2.75) is 24.7 Å². The van der Waals surface area contributed by atoms with Crippen molar-refractivity contribution in [1.82, 2.24) is 14.8 Å². The third-order valence-electron chi connectivity index (χ3n) is 3.62. The van der Waals surface area contributed by atoms with Gasteiger partial charge >= 0.3 is 0 Å². The molecule has 0 unspecified atom stereocenters. The highest BCUT2D eigenvalue weighted by atomic mass is 32.2. The normalized spacial score (nSPS) is 10.9. The Bertz CT molecular complexity index is 799. The van der Waals surface area contributed by atoms with E-state index >= 15 is 0 Å². The Kier molecular flexibility index (Phi) is 4.76. The van der Waals surface area contributed by atoms with E-state index in [2.05, 4.69) is 10.1 Å². The molecule has 0 radical (unpaired) electrons. The highest BCUT2D eigenvalue weighted by Crippen LogP contribution is 2.22. The van der Waals surface area contributed by atoms with E-state index < -0.39 is 0 Å². The van der Waals surface area contributed by atoms with Crippen molar-refractivity contribution in [1.29, 1.82) is 0 Å². The minimum Gasteiger partial charge on any atom is -0.216 e. The van der Waals surface area contributed by atoms with Crippen LogP contribution in [0.5, 0.6) is 0 Å². The highest BCUT2D eigenvalue weighted by molar-refractivity contribution is 7.98. The van der Waals surface area contributed by atoms with E-state index in [1.165, 1.54) is 11.8 Å². The molecule has 0 spiro atoms. The molecule has 0 saturated heterocycles. The lowest BCUT2D eigenvalue weighted by molar-refractivity contribution is 0.602. The van der Waals surface area contributed by atoms with Gasteiger partial charge in [0.1, 0.15) is 17.3 Å². The molecule has 0 atom stereocenters. The fourth-order valence-corrected chi connectivity index (χ4v) is 2.84. The second kappa shape index (κ2) is 6.96. The van der Waals surface area contributed by atoms with Gasteiger partial charge in [0.05, 0.1) is 0 Å². The first kappa shape index (κ1) is 15.7. The monoisotopic (exact) mass is 327 g/mol. The van der Waals surface area contributed by atoms with Gasteiger partial charge in [0.25, 0.3) is 0 Å². The van der Waals surface area contributed by atoms with Gasteiger partial charge in [0.15, 0.2) is 5.82 Å². The molecule has 0 amide bonds. The Labute approximate surface area is 139 Å². The first-order valence-corrected chi connectivity index (χ1v) is 8.76. The molecule has 3 aromatic rings. The molecule has 2 aromatic carbocycles. The minimum atomic E-state index is -0.279. The van der Waals surface area contributed by atoms with Crippen molar-refractivity contribution in [2.24, 2.45) is 0 Å². The zero-order valence-electron chi connectivity index (χ0n) is 13.2. The molecule has 0 aliphatic heterocycles. The third-order valence-corrected chi connectivity index (χ3v) is 4.35. The van der Waals surface area contributed by atoms with Crippen LogP contribution >= 0.6 is 11.8 Å². The van der Waals surface area contributed by atoms with E-state index in [0.717, 1.165) is 28.5 Å². The average Bonchev–Trinajstić information content (AvgIpc) is 2.98. The molecule has 3 rings (SSSR count). The molecule has 0 aliphatic rings. The van der Waals surface area contributed by atoms with Gasteiger partial charge < -0.3 is 0 Å². The van der Waals surface area contributed by atoms with Crippen LogP contribution in [0.3, 0.4) is 0 Å². The number of aryl methyl sites for hydroxylation is 1. The van der Waals surface area contributed by atoms with Crippen LogP contribution in [0.1, 0.15) is 24.1 Å². The summed E-state index contributed by atoms with van der Waals surface area (Å²) in [6, 6.07) is 15.3. The van der Waals surface area contributed by atoms with Crippen molar-refractivity contribution >= 4 is 11.8 Å². The third kappa shape index (κ3) is 3.45. The van der Waals surface area contributed by atoms with Crippen LogP contribution in [0.4, 0.5) is 4.39 Å². The molecule has 0 fully saturated rings. The van der Waals surface area contributed by atoms with Crippen molar-refractivity contribution in [3.8, 4) is 5.69 Å². The largest absolute Gasteiger partial charge is 0.216 e. The van der Waals surface area contributed by atoms with E-state index in [0.29, 0.717) is 12.1 Å². The van der Waals surface area contributed by atoms with Gasteiger partial charge in [-0.25, -0.2) is 14.1 Å². The summed E-state index contributed by atoms with van der Waals surface area (Å²) in [6.45, 7) is 2.00. The molecule has 1 heterocycles. The first-order valence-electron chi connectivity index (χ1n) is 7.54. The summed E-state index contributed by atoms with van der Waals surface area (Å²) >= 11 is 1.52. The van der Waals surface area contributed by atoms with Crippen molar-refractivity contribution < 1.29 is 4.39 Å². The van der Waals surface area contributed by atoms with Gasteiger partial charge in [-0.2, -0.15) is 5.10 Å². The van der Waals surface area contributed by atoms with E-state index in [1.807, 2.05) is 49.6 Å². The van der Waals surface area contributed by atoms with E-state index in [-0.39, 0.29) is 5.82 Å². The maximum absolute atomic E-state index is 14.5. The van der Waals surface area contributed by atoms with Crippen molar-refractivity contribution in [2.75, 3.05) is 6.26 Å². The Morgan fingerprint density at radius 1 is 1.13 bits per heavy atom. The van der Waals surface area contributed by atoms with Crippen LogP contribution in [0.25, 0.3) is 5.69 Å². The fraction of sp³-hybridized carbons (Fsp3) is 0.222. The Morgan fingerprint density at radius 2 is 1.91 bits per heavy atom. The molecular formula is C18H18FN3S. The van der Waals surface area contributed by atoms with Crippen molar-refractivity contribution in [3.05, 3.63) is 71.6 Å². The number of thioether (sulfide) groups is 1. The molecule has 118 valence electrons. The average molecular weight is 327 g/mol. The number of hydrogen-bond donors (Lipinski definition) is 0. The van der Waals surface area contributed by atoms with Gasteiger partial charge in [0.2, 0.25) is 0 Å². The van der Waals surface area contributed by atoms with Crippen molar-refractivity contribution in [3.63, 3.8) is 0 Å². The summed E-state index contributed by atoms with van der Waals surface area (Å²) in [5, 5.41) is 4.47. The van der Waals surface area contributed by atoms with Gasteiger partial charge in [-0.15, -0.1) is 11.8 Å². The van der Waals surface area contributed by atoms with Crippen LogP contribution in [0.2, 0.25) is 0 Å². The topological polar surface area (TPSA) is 30.7 Å². The second-order valence-electron chi connectivity index (χ2n) is 5.19. The predicted octanol–water partition coefficient (Wildman–Crippen LogP) is 4.28. The summed E-state index contributed by atoms with van der Waals surface area (Å²) in [5.74, 6) is 1.20. The predicted molar refractivity (Wildman–Crippen MR) is 91.7 cm³/mol. The molecule has 23 heavy (non-hydrogen) atoms. The smallest absolute Gasteiger partial charge is 0.151 e. The minimum absolute atomic E-state index is 0.279. The molecule has 0 N–H and O–H groups in total. The number of nitrogens with zero attached hydrogens (tertiary/aromatic N) is 3. The summed E-state index contributed by atoms with van der Waals surface area (Å²) in [4.78, 5) is 5.46. The number of rotatable bonds is 5. The van der Waals surface area contributed by atoms with Crippen LogP contribution in [0, 0.1) is 5.82 Å². The lowest BCUT2D eigenvalue weighted by atomic mass is 10.1. The van der Waals surface area contributed by atoms with Crippen LogP contribution in [0.15, 0.2) is 53.4 Å². The summed E-state index contributed by atoms with van der Waals surface area (Å²) in [6.07, 6.45) is 3.27. The van der Waals surface area contributed by atoms with E-state index in [1.54, 1.807) is 16.8 Å². The number of hydrogen-bond acceptors (Lipinski definition) is 3. The van der Waals surface area contributed by atoms with Gasteiger partial charge in [-0.1, -0.05) is 37.3 Å². The molecule has 3 nitrogen and oxygen atoms in total. The number of benzene rings is 2. The summed E-state index contributed by atoms with van der Waals surface area (Å²) < 4.78 is 16.1. The van der Waals surface area contributed by atoms with Crippen LogP contribution in [-0.4, -0.2) is 21.0 Å². The number of aromatic nitrogens is 3. The number of halogens is 1. The lowest BCUT2D eigenvalue weighted by Gasteiger charge is -2.08. The maximum Gasteiger partial charge on any atom is 0.151 e. The van der Waals surface area contributed by atoms with Crippen LogP contribution in [-0.2, 0) is 12.8 Å². The summed E-state index contributed by atoms with van der Waals surface area (Å²) in [5.41, 5.74) is 1.57.